The monoisotopic (exact) mass is 115 g/mol. The lowest BCUT2D eigenvalue weighted by atomic mass is 10.7. The lowest BCUT2D eigenvalue weighted by Gasteiger charge is -1.94. The van der Waals surface area contributed by atoms with Crippen LogP contribution in [0.5, 0.6) is 0 Å². The highest BCUT2D eigenvalue weighted by molar-refractivity contribution is 5.43. The smallest absolute Gasteiger partial charge is 0.141 e. The number of rotatable bonds is 4. The summed E-state index contributed by atoms with van der Waals surface area (Å²) in [6.07, 6.45) is 1.22. The Labute approximate surface area is 48.3 Å². The predicted molar refractivity (Wildman–Crippen MR) is 30.1 cm³/mol. The van der Waals surface area contributed by atoms with Gasteiger partial charge in [0.25, 0.3) is 0 Å². The molecule has 0 saturated heterocycles. The van der Waals surface area contributed by atoms with E-state index >= 15 is 0 Å². The topological polar surface area (TPSA) is 38.3 Å². The van der Waals surface area contributed by atoms with E-state index in [0.717, 1.165) is 0 Å². The first kappa shape index (κ1) is 7.21. The molecule has 0 rings (SSSR count). The number of methoxy groups -OCH3 is 1. The first-order valence-corrected chi connectivity index (χ1v) is 2.33. The second-order valence-electron chi connectivity index (χ2n) is 1.21. The largest absolute Gasteiger partial charge is 0.383 e. The predicted octanol–water partition coefficient (Wildman–Crippen LogP) is -0.432. The molecule has 0 aliphatic heterocycles. The normalized spacial score (nSPS) is 7.62. The summed E-state index contributed by atoms with van der Waals surface area (Å²) in [6.45, 7) is 1.27. The molecule has 0 aromatic carbocycles. The Morgan fingerprint density at radius 3 is 3.12 bits per heavy atom. The Kier molecular flexibility index (Phi) is 5.60. The number of carbonyl (C=O) groups excluding carboxylic acids is 1. The standard InChI is InChI=1S/C5H9NO2/c1-8-5-3-6-2-4-7/h2,6H,3,5H2,1H3. The van der Waals surface area contributed by atoms with Gasteiger partial charge in [0, 0.05) is 13.7 Å². The van der Waals surface area contributed by atoms with Crippen molar-refractivity contribution in [2.45, 2.75) is 0 Å². The van der Waals surface area contributed by atoms with Crippen LogP contribution in [0.1, 0.15) is 0 Å². The number of nitrogens with one attached hydrogen (secondary N) is 1. The number of hydrogen-bond donors (Lipinski definition) is 1. The van der Waals surface area contributed by atoms with Crippen LogP contribution in [-0.4, -0.2) is 26.2 Å². The van der Waals surface area contributed by atoms with E-state index in [4.69, 9.17) is 0 Å². The first-order valence-electron chi connectivity index (χ1n) is 2.33. The minimum Gasteiger partial charge on any atom is -0.383 e. The second kappa shape index (κ2) is 6.21. The summed E-state index contributed by atoms with van der Waals surface area (Å²) in [5.41, 5.74) is 0. The van der Waals surface area contributed by atoms with Crippen molar-refractivity contribution in [1.82, 2.24) is 5.32 Å². The molecule has 46 valence electrons. The van der Waals surface area contributed by atoms with Crippen LogP contribution in [0.4, 0.5) is 0 Å². The summed E-state index contributed by atoms with van der Waals surface area (Å²) in [5.74, 6) is 1.58. The van der Waals surface area contributed by atoms with Crippen molar-refractivity contribution >= 4 is 5.94 Å². The van der Waals surface area contributed by atoms with Gasteiger partial charge in [-0.15, -0.1) is 0 Å². The van der Waals surface area contributed by atoms with Gasteiger partial charge in [0.15, 0.2) is 0 Å². The van der Waals surface area contributed by atoms with Crippen LogP contribution in [0.15, 0.2) is 6.20 Å². The van der Waals surface area contributed by atoms with Crippen LogP contribution in [0.3, 0.4) is 0 Å². The maximum Gasteiger partial charge on any atom is 0.141 e. The van der Waals surface area contributed by atoms with Crippen LogP contribution < -0.4 is 5.32 Å². The van der Waals surface area contributed by atoms with Gasteiger partial charge < -0.3 is 10.1 Å². The third-order valence-electron chi connectivity index (χ3n) is 0.612. The Hall–Kier alpha value is -0.790. The van der Waals surface area contributed by atoms with Crippen molar-refractivity contribution in [2.75, 3.05) is 20.3 Å². The van der Waals surface area contributed by atoms with E-state index in [-0.39, 0.29) is 0 Å². The van der Waals surface area contributed by atoms with Gasteiger partial charge in [0.1, 0.15) is 5.94 Å². The van der Waals surface area contributed by atoms with Gasteiger partial charge in [-0.05, 0) is 0 Å². The van der Waals surface area contributed by atoms with Gasteiger partial charge in [-0.25, -0.2) is 4.79 Å². The van der Waals surface area contributed by atoms with Crippen LogP contribution >= 0.6 is 0 Å². The van der Waals surface area contributed by atoms with Gasteiger partial charge in [-0.1, -0.05) is 0 Å². The van der Waals surface area contributed by atoms with Crippen LogP contribution in [-0.2, 0) is 9.53 Å². The Morgan fingerprint density at radius 2 is 2.62 bits per heavy atom. The fourth-order valence-electron chi connectivity index (χ4n) is 0.275. The van der Waals surface area contributed by atoms with Crippen molar-refractivity contribution in [3.8, 4) is 0 Å². The van der Waals surface area contributed by atoms with E-state index in [1.54, 1.807) is 13.1 Å². The molecule has 0 spiro atoms. The molecular formula is C5H9NO2. The van der Waals surface area contributed by atoms with Crippen molar-refractivity contribution in [3.05, 3.63) is 6.20 Å². The van der Waals surface area contributed by atoms with Crippen molar-refractivity contribution in [2.24, 2.45) is 0 Å². The van der Waals surface area contributed by atoms with Crippen LogP contribution in [0, 0.1) is 0 Å². The SMILES string of the molecule is COCCNC=C=O. The lowest BCUT2D eigenvalue weighted by molar-refractivity contribution is 0.203. The minimum atomic E-state index is 0.609. The van der Waals surface area contributed by atoms with E-state index < -0.39 is 0 Å². The molecule has 0 saturated carbocycles. The van der Waals surface area contributed by atoms with Gasteiger partial charge in [-0.2, -0.15) is 0 Å². The molecule has 0 radical (unpaired) electrons. The van der Waals surface area contributed by atoms with Crippen molar-refractivity contribution in [3.63, 3.8) is 0 Å². The second-order valence-corrected chi connectivity index (χ2v) is 1.21. The first-order chi connectivity index (χ1) is 3.91. The summed E-state index contributed by atoms with van der Waals surface area (Å²) >= 11 is 0. The molecule has 0 aromatic rings. The third kappa shape index (κ3) is 5.21. The summed E-state index contributed by atoms with van der Waals surface area (Å²) in [7, 11) is 1.60. The Bertz CT molecular complexity index is 86.4. The molecule has 0 unspecified atom stereocenters. The molecule has 0 atom stereocenters. The zero-order chi connectivity index (χ0) is 6.24. The zero-order valence-electron chi connectivity index (χ0n) is 4.81. The van der Waals surface area contributed by atoms with Gasteiger partial charge in [-0.3, -0.25) is 0 Å². The van der Waals surface area contributed by atoms with E-state index in [1.165, 1.54) is 6.20 Å². The fraction of sp³-hybridized carbons (Fsp3) is 0.600. The molecule has 8 heavy (non-hydrogen) atoms. The summed E-state index contributed by atoms with van der Waals surface area (Å²) in [4.78, 5) is 9.48. The fourth-order valence-corrected chi connectivity index (χ4v) is 0.275. The molecule has 0 heterocycles. The molecule has 0 bridgehead atoms. The highest BCUT2D eigenvalue weighted by Crippen LogP contribution is 1.60. The van der Waals surface area contributed by atoms with Crippen LogP contribution in [0.2, 0.25) is 0 Å². The summed E-state index contributed by atoms with van der Waals surface area (Å²) in [6, 6.07) is 0. The lowest BCUT2D eigenvalue weighted by Crippen LogP contribution is -2.12. The quantitative estimate of drug-likeness (QED) is 0.399. The van der Waals surface area contributed by atoms with Gasteiger partial charge in [0.05, 0.1) is 12.8 Å². The molecule has 0 amide bonds. The maximum absolute atomic E-state index is 9.48. The van der Waals surface area contributed by atoms with Gasteiger partial charge >= 0.3 is 0 Å². The van der Waals surface area contributed by atoms with Gasteiger partial charge in [0.2, 0.25) is 0 Å². The van der Waals surface area contributed by atoms with E-state index in [0.29, 0.717) is 13.2 Å². The van der Waals surface area contributed by atoms with E-state index in [2.05, 4.69) is 10.1 Å². The molecule has 0 aliphatic carbocycles. The molecular weight excluding hydrogens is 106 g/mol. The number of ether oxygens (including phenoxy) is 1. The molecule has 3 heteroatoms. The Balaban J connectivity index is 2.82. The highest BCUT2D eigenvalue weighted by atomic mass is 16.5. The molecule has 0 aliphatic rings. The van der Waals surface area contributed by atoms with Crippen molar-refractivity contribution in [1.29, 1.82) is 0 Å². The molecule has 0 fully saturated rings. The van der Waals surface area contributed by atoms with E-state index in [9.17, 15) is 4.79 Å². The third-order valence-corrected chi connectivity index (χ3v) is 0.612. The van der Waals surface area contributed by atoms with Crippen molar-refractivity contribution < 1.29 is 9.53 Å². The zero-order valence-corrected chi connectivity index (χ0v) is 4.81. The van der Waals surface area contributed by atoms with Crippen LogP contribution in [0.25, 0.3) is 0 Å². The summed E-state index contributed by atoms with van der Waals surface area (Å²) in [5, 5.41) is 2.66. The molecule has 0 aromatic heterocycles. The molecule has 3 nitrogen and oxygen atoms in total. The maximum atomic E-state index is 9.48. The minimum absolute atomic E-state index is 0.609. The average molecular weight is 115 g/mol. The molecule has 1 N–H and O–H groups in total. The number of hydrogen-bond acceptors (Lipinski definition) is 3. The summed E-state index contributed by atoms with van der Waals surface area (Å²) < 4.78 is 4.68. The van der Waals surface area contributed by atoms with E-state index in [1.807, 2.05) is 0 Å². The average Bonchev–Trinajstić information content (AvgIpc) is 1.81. The Morgan fingerprint density at radius 1 is 1.88 bits per heavy atom. The highest BCUT2D eigenvalue weighted by Gasteiger charge is 1.75.